The molecule has 0 aromatic heterocycles. The Bertz CT molecular complexity index is 902. The van der Waals surface area contributed by atoms with Gasteiger partial charge in [0.15, 0.2) is 0 Å². The van der Waals surface area contributed by atoms with Crippen LogP contribution in [0.3, 0.4) is 0 Å². The number of thioether (sulfide) groups is 1. The fourth-order valence-electron chi connectivity index (χ4n) is 4.24. The van der Waals surface area contributed by atoms with Crippen LogP contribution in [0.1, 0.15) is 56.6 Å². The van der Waals surface area contributed by atoms with Gasteiger partial charge in [0.25, 0.3) is 0 Å². The minimum absolute atomic E-state index is 0.0872. The summed E-state index contributed by atoms with van der Waals surface area (Å²) in [6, 6.07) is 13.9. The Hall–Kier alpha value is -2.05. The van der Waals surface area contributed by atoms with E-state index in [1.807, 2.05) is 37.3 Å². The van der Waals surface area contributed by atoms with Gasteiger partial charge in [-0.05, 0) is 37.0 Å². The molecule has 2 aromatic rings. The van der Waals surface area contributed by atoms with Gasteiger partial charge in [0.2, 0.25) is 11.8 Å². The molecule has 2 amide bonds. The van der Waals surface area contributed by atoms with Crippen LogP contribution in [-0.4, -0.2) is 34.6 Å². The predicted molar refractivity (Wildman–Crippen MR) is 134 cm³/mol. The van der Waals surface area contributed by atoms with Crippen LogP contribution < -0.4 is 5.32 Å². The second kappa shape index (κ2) is 13.0. The van der Waals surface area contributed by atoms with Crippen molar-refractivity contribution in [2.75, 3.05) is 5.75 Å². The summed E-state index contributed by atoms with van der Waals surface area (Å²) in [6.45, 7) is 2.29. The van der Waals surface area contributed by atoms with Gasteiger partial charge in [-0.3, -0.25) is 9.59 Å². The summed E-state index contributed by atoms with van der Waals surface area (Å²) in [5, 5.41) is 3.54. The molecule has 178 valence electrons. The van der Waals surface area contributed by atoms with E-state index in [0.717, 1.165) is 31.2 Å². The minimum Gasteiger partial charge on any atom is -0.352 e. The zero-order valence-corrected chi connectivity index (χ0v) is 20.6. The van der Waals surface area contributed by atoms with Crippen molar-refractivity contribution in [2.24, 2.45) is 0 Å². The van der Waals surface area contributed by atoms with Gasteiger partial charge in [-0.1, -0.05) is 74.2 Å². The third-order valence-electron chi connectivity index (χ3n) is 6.07. The number of halogens is 2. The number of hydrogen-bond donors (Lipinski definition) is 1. The molecule has 0 saturated heterocycles. The molecule has 1 unspecified atom stereocenters. The number of nitrogens with one attached hydrogen (secondary N) is 1. The lowest BCUT2D eigenvalue weighted by atomic mass is 9.95. The summed E-state index contributed by atoms with van der Waals surface area (Å²) in [7, 11) is 0. The Labute approximate surface area is 205 Å². The Morgan fingerprint density at radius 1 is 1.12 bits per heavy atom. The zero-order chi connectivity index (χ0) is 23.6. The molecule has 0 radical (unpaired) electrons. The molecule has 33 heavy (non-hydrogen) atoms. The molecular formula is C26H32ClFN2O2S. The Kier molecular flexibility index (Phi) is 10.1. The first-order valence-corrected chi connectivity index (χ1v) is 13.2. The maximum Gasteiger partial charge on any atom is 0.243 e. The van der Waals surface area contributed by atoms with E-state index in [2.05, 4.69) is 5.32 Å². The van der Waals surface area contributed by atoms with E-state index in [1.54, 1.807) is 17.0 Å². The van der Waals surface area contributed by atoms with E-state index >= 15 is 0 Å². The van der Waals surface area contributed by atoms with Gasteiger partial charge in [0.1, 0.15) is 11.9 Å². The largest absolute Gasteiger partial charge is 0.352 e. The SMILES string of the molecule is CCC(C(=O)NC1CCCCC1)N(Cc1ccccc1)C(=O)CSCc1c(F)cccc1Cl. The number of benzene rings is 2. The molecule has 4 nitrogen and oxygen atoms in total. The summed E-state index contributed by atoms with van der Waals surface area (Å²) in [6.07, 6.45) is 5.99. The molecule has 3 rings (SSSR count). The summed E-state index contributed by atoms with van der Waals surface area (Å²) in [5.41, 5.74) is 1.37. The van der Waals surface area contributed by atoms with E-state index in [1.165, 1.54) is 24.2 Å². The van der Waals surface area contributed by atoms with Gasteiger partial charge in [0.05, 0.1) is 5.75 Å². The molecule has 7 heteroatoms. The topological polar surface area (TPSA) is 49.4 Å². The molecule has 2 aromatic carbocycles. The van der Waals surface area contributed by atoms with Crippen molar-refractivity contribution in [3.63, 3.8) is 0 Å². The van der Waals surface area contributed by atoms with Crippen LogP contribution in [-0.2, 0) is 21.9 Å². The maximum absolute atomic E-state index is 14.1. The quantitative estimate of drug-likeness (QED) is 0.446. The van der Waals surface area contributed by atoms with Crippen LogP contribution in [0.15, 0.2) is 48.5 Å². The van der Waals surface area contributed by atoms with Crippen LogP contribution >= 0.6 is 23.4 Å². The highest BCUT2D eigenvalue weighted by Gasteiger charge is 2.30. The summed E-state index contributed by atoms with van der Waals surface area (Å²) < 4.78 is 14.1. The smallest absolute Gasteiger partial charge is 0.243 e. The molecule has 0 bridgehead atoms. The molecule has 0 spiro atoms. The van der Waals surface area contributed by atoms with Gasteiger partial charge in [-0.15, -0.1) is 11.8 Å². The lowest BCUT2D eigenvalue weighted by Gasteiger charge is -2.32. The van der Waals surface area contributed by atoms with E-state index in [0.29, 0.717) is 29.3 Å². The molecule has 1 saturated carbocycles. The van der Waals surface area contributed by atoms with Crippen LogP contribution in [0.4, 0.5) is 4.39 Å². The lowest BCUT2D eigenvalue weighted by molar-refractivity contribution is -0.139. The Morgan fingerprint density at radius 2 is 1.85 bits per heavy atom. The number of rotatable bonds is 10. The van der Waals surface area contributed by atoms with Crippen LogP contribution in [0.2, 0.25) is 5.02 Å². The van der Waals surface area contributed by atoms with Crippen LogP contribution in [0.25, 0.3) is 0 Å². The second-order valence-electron chi connectivity index (χ2n) is 8.47. The van der Waals surface area contributed by atoms with Crippen molar-refractivity contribution >= 4 is 35.2 Å². The standard InChI is InChI=1S/C26H32ClFN2O2S/c1-2-24(26(32)29-20-12-7-4-8-13-20)30(16-19-10-5-3-6-11-19)25(31)18-33-17-21-22(27)14-9-15-23(21)28/h3,5-6,9-11,14-15,20,24H,2,4,7-8,12-13,16-18H2,1H3,(H,29,32). The number of carbonyl (C=O) groups is 2. The van der Waals surface area contributed by atoms with Crippen LogP contribution in [0, 0.1) is 5.82 Å². The summed E-state index contributed by atoms with van der Waals surface area (Å²) >= 11 is 7.43. The van der Waals surface area contributed by atoms with Gasteiger partial charge in [0, 0.05) is 28.9 Å². The average molecular weight is 491 g/mol. The fraction of sp³-hybridized carbons (Fsp3) is 0.462. The molecule has 1 N–H and O–H groups in total. The molecule has 1 fully saturated rings. The van der Waals surface area contributed by atoms with Crippen molar-refractivity contribution in [1.29, 1.82) is 0 Å². The summed E-state index contributed by atoms with van der Waals surface area (Å²) in [4.78, 5) is 28.2. The summed E-state index contributed by atoms with van der Waals surface area (Å²) in [5.74, 6) is -0.161. The predicted octanol–water partition coefficient (Wildman–Crippen LogP) is 5.97. The van der Waals surface area contributed by atoms with Crippen molar-refractivity contribution in [3.8, 4) is 0 Å². The van der Waals surface area contributed by atoms with Crippen molar-refractivity contribution in [1.82, 2.24) is 10.2 Å². The number of amides is 2. The van der Waals surface area contributed by atoms with Gasteiger partial charge in [-0.2, -0.15) is 0 Å². The molecule has 1 aliphatic rings. The van der Waals surface area contributed by atoms with E-state index in [-0.39, 0.29) is 29.4 Å². The molecule has 1 aliphatic carbocycles. The van der Waals surface area contributed by atoms with Gasteiger partial charge < -0.3 is 10.2 Å². The van der Waals surface area contributed by atoms with E-state index < -0.39 is 6.04 Å². The zero-order valence-electron chi connectivity index (χ0n) is 19.1. The first-order valence-electron chi connectivity index (χ1n) is 11.6. The fourth-order valence-corrected chi connectivity index (χ4v) is 5.49. The lowest BCUT2D eigenvalue weighted by Crippen LogP contribution is -2.52. The highest BCUT2D eigenvalue weighted by atomic mass is 35.5. The number of nitrogens with zero attached hydrogens (tertiary/aromatic N) is 1. The number of hydrogen-bond acceptors (Lipinski definition) is 3. The average Bonchev–Trinajstić information content (AvgIpc) is 2.82. The van der Waals surface area contributed by atoms with E-state index in [9.17, 15) is 14.0 Å². The third kappa shape index (κ3) is 7.47. The monoisotopic (exact) mass is 490 g/mol. The highest BCUT2D eigenvalue weighted by Crippen LogP contribution is 2.25. The minimum atomic E-state index is -0.544. The van der Waals surface area contributed by atoms with Gasteiger partial charge in [-0.25, -0.2) is 4.39 Å². The molecular weight excluding hydrogens is 459 g/mol. The first-order chi connectivity index (χ1) is 16.0. The molecule has 0 heterocycles. The molecule has 1 atom stereocenters. The Balaban J connectivity index is 1.70. The Morgan fingerprint density at radius 3 is 2.52 bits per heavy atom. The highest BCUT2D eigenvalue weighted by molar-refractivity contribution is 7.99. The van der Waals surface area contributed by atoms with Crippen LogP contribution in [0.5, 0.6) is 0 Å². The first kappa shape index (κ1) is 25.6. The number of carbonyl (C=O) groups excluding carboxylic acids is 2. The van der Waals surface area contributed by atoms with E-state index in [4.69, 9.17) is 11.6 Å². The van der Waals surface area contributed by atoms with Crippen molar-refractivity contribution in [2.45, 2.75) is 69.8 Å². The van der Waals surface area contributed by atoms with Crippen molar-refractivity contribution in [3.05, 3.63) is 70.5 Å². The second-order valence-corrected chi connectivity index (χ2v) is 9.86. The van der Waals surface area contributed by atoms with Crippen molar-refractivity contribution < 1.29 is 14.0 Å². The maximum atomic E-state index is 14.1. The normalized spacial score (nSPS) is 15.1. The van der Waals surface area contributed by atoms with Gasteiger partial charge >= 0.3 is 0 Å². The third-order valence-corrected chi connectivity index (χ3v) is 7.36. The molecule has 0 aliphatic heterocycles.